The summed E-state index contributed by atoms with van der Waals surface area (Å²) in [7, 11) is 0. The number of para-hydroxylation sites is 1. The van der Waals surface area contributed by atoms with Gasteiger partial charge in [-0.25, -0.2) is 4.79 Å². The fraction of sp³-hybridized carbons (Fsp3) is 0.333. The quantitative estimate of drug-likeness (QED) is 0.623. The van der Waals surface area contributed by atoms with Gasteiger partial charge >= 0.3 is 5.97 Å². The van der Waals surface area contributed by atoms with Gasteiger partial charge < -0.3 is 20.3 Å². The van der Waals surface area contributed by atoms with Gasteiger partial charge in [-0.2, -0.15) is 0 Å². The van der Waals surface area contributed by atoms with Crippen molar-refractivity contribution in [2.45, 2.75) is 19.4 Å². The monoisotopic (exact) mass is 293 g/mol. The molecule has 0 saturated carbocycles. The van der Waals surface area contributed by atoms with Crippen LogP contribution < -0.4 is 10.1 Å². The van der Waals surface area contributed by atoms with E-state index in [2.05, 4.69) is 5.32 Å². The maximum atomic E-state index is 11.7. The molecule has 1 rings (SSSR count). The Bertz CT molecular complexity index is 513. The van der Waals surface area contributed by atoms with Gasteiger partial charge in [0.2, 0.25) is 5.91 Å². The molecule has 0 radical (unpaired) electrons. The summed E-state index contributed by atoms with van der Waals surface area (Å²) in [4.78, 5) is 22.6. The molecule has 1 aromatic rings. The van der Waals surface area contributed by atoms with Crippen LogP contribution in [-0.2, 0) is 9.59 Å². The first-order chi connectivity index (χ1) is 10.1. The number of carboxylic acids is 1. The van der Waals surface area contributed by atoms with E-state index in [4.69, 9.17) is 14.9 Å². The van der Waals surface area contributed by atoms with Crippen molar-refractivity contribution in [1.82, 2.24) is 5.32 Å². The SMILES string of the molecule is CCOc1ccccc1/C=C/C(=O)N[C@@H](CCO)C(=O)O. The number of aliphatic carboxylic acids is 1. The first-order valence-corrected chi connectivity index (χ1v) is 6.62. The van der Waals surface area contributed by atoms with Crippen molar-refractivity contribution in [3.63, 3.8) is 0 Å². The van der Waals surface area contributed by atoms with Crippen LogP contribution in [0.3, 0.4) is 0 Å². The highest BCUT2D eigenvalue weighted by molar-refractivity contribution is 5.94. The molecule has 1 amide bonds. The van der Waals surface area contributed by atoms with E-state index in [9.17, 15) is 9.59 Å². The number of rotatable bonds is 8. The molecule has 1 atom stereocenters. The lowest BCUT2D eigenvalue weighted by Gasteiger charge is -2.11. The van der Waals surface area contributed by atoms with Crippen molar-refractivity contribution in [1.29, 1.82) is 0 Å². The second kappa shape index (κ2) is 8.76. The largest absolute Gasteiger partial charge is 0.493 e. The van der Waals surface area contributed by atoms with Crippen LogP contribution >= 0.6 is 0 Å². The van der Waals surface area contributed by atoms with Gasteiger partial charge in [0.05, 0.1) is 6.61 Å². The summed E-state index contributed by atoms with van der Waals surface area (Å²) in [5.74, 6) is -1.07. The second-order valence-corrected chi connectivity index (χ2v) is 4.22. The lowest BCUT2D eigenvalue weighted by atomic mass is 10.1. The number of carboxylic acid groups (broad SMARTS) is 1. The molecule has 6 nitrogen and oxygen atoms in total. The summed E-state index contributed by atoms with van der Waals surface area (Å²) in [6.07, 6.45) is 2.76. The van der Waals surface area contributed by atoms with Crippen molar-refractivity contribution >= 4 is 18.0 Å². The molecule has 0 saturated heterocycles. The molecule has 0 aliphatic heterocycles. The van der Waals surface area contributed by atoms with E-state index in [1.807, 2.05) is 19.1 Å². The number of carbonyl (C=O) groups excluding carboxylic acids is 1. The molecule has 0 aromatic heterocycles. The number of hydrogen-bond donors (Lipinski definition) is 3. The summed E-state index contributed by atoms with van der Waals surface area (Å²) in [6.45, 7) is 2.06. The van der Waals surface area contributed by atoms with Gasteiger partial charge in [-0.1, -0.05) is 18.2 Å². The molecule has 0 fully saturated rings. The van der Waals surface area contributed by atoms with Gasteiger partial charge in [0.1, 0.15) is 11.8 Å². The van der Waals surface area contributed by atoms with E-state index in [1.54, 1.807) is 18.2 Å². The summed E-state index contributed by atoms with van der Waals surface area (Å²) >= 11 is 0. The Morgan fingerprint density at radius 3 is 2.71 bits per heavy atom. The number of benzene rings is 1. The first-order valence-electron chi connectivity index (χ1n) is 6.62. The molecule has 0 bridgehead atoms. The van der Waals surface area contributed by atoms with E-state index < -0.39 is 17.9 Å². The third-order valence-electron chi connectivity index (χ3n) is 2.67. The van der Waals surface area contributed by atoms with Gasteiger partial charge in [-0.05, 0) is 19.1 Å². The van der Waals surface area contributed by atoms with Crippen LogP contribution in [0.1, 0.15) is 18.9 Å². The maximum Gasteiger partial charge on any atom is 0.326 e. The predicted molar refractivity (Wildman–Crippen MR) is 77.9 cm³/mol. The lowest BCUT2D eigenvalue weighted by molar-refractivity contribution is -0.141. The van der Waals surface area contributed by atoms with Gasteiger partial charge in [-0.3, -0.25) is 4.79 Å². The first kappa shape index (κ1) is 16.7. The fourth-order valence-corrected chi connectivity index (χ4v) is 1.68. The van der Waals surface area contributed by atoms with E-state index in [0.29, 0.717) is 12.4 Å². The Kier molecular flexibility index (Phi) is 6.97. The number of hydrogen-bond acceptors (Lipinski definition) is 4. The minimum atomic E-state index is -1.18. The van der Waals surface area contributed by atoms with Crippen LogP contribution in [0.2, 0.25) is 0 Å². The normalized spacial score (nSPS) is 12.1. The molecule has 0 aliphatic rings. The summed E-state index contributed by atoms with van der Waals surface area (Å²) in [5.41, 5.74) is 0.725. The van der Waals surface area contributed by atoms with Gasteiger partial charge in [0.15, 0.2) is 0 Å². The van der Waals surface area contributed by atoms with E-state index in [0.717, 1.165) is 5.56 Å². The van der Waals surface area contributed by atoms with Crippen LogP contribution in [-0.4, -0.2) is 41.3 Å². The maximum absolute atomic E-state index is 11.7. The van der Waals surface area contributed by atoms with Gasteiger partial charge in [-0.15, -0.1) is 0 Å². The predicted octanol–water partition coefficient (Wildman–Crippen LogP) is 1.05. The summed E-state index contributed by atoms with van der Waals surface area (Å²) in [6, 6.07) is 6.11. The number of nitrogens with one attached hydrogen (secondary N) is 1. The smallest absolute Gasteiger partial charge is 0.326 e. The topological polar surface area (TPSA) is 95.9 Å². The summed E-state index contributed by atoms with van der Waals surface area (Å²) in [5, 5.41) is 19.9. The van der Waals surface area contributed by atoms with Crippen LogP contribution in [0.5, 0.6) is 5.75 Å². The minimum absolute atomic E-state index is 0.0373. The highest BCUT2D eigenvalue weighted by atomic mass is 16.5. The number of aliphatic hydroxyl groups is 1. The zero-order valence-electron chi connectivity index (χ0n) is 11.8. The highest BCUT2D eigenvalue weighted by Crippen LogP contribution is 2.19. The molecule has 3 N–H and O–H groups in total. The molecule has 0 unspecified atom stereocenters. The Morgan fingerprint density at radius 1 is 1.38 bits per heavy atom. The van der Waals surface area contributed by atoms with Crippen LogP contribution in [0, 0.1) is 0 Å². The molecule has 114 valence electrons. The number of aliphatic hydroxyl groups excluding tert-OH is 1. The number of ether oxygens (including phenoxy) is 1. The third kappa shape index (κ3) is 5.66. The molecule has 1 aromatic carbocycles. The van der Waals surface area contributed by atoms with Crippen LogP contribution in [0.4, 0.5) is 0 Å². The number of carbonyl (C=O) groups is 2. The zero-order chi connectivity index (χ0) is 15.7. The molecule has 0 heterocycles. The average Bonchev–Trinajstić information content (AvgIpc) is 2.46. The second-order valence-electron chi connectivity index (χ2n) is 4.22. The Balaban J connectivity index is 2.71. The molecule has 0 spiro atoms. The Morgan fingerprint density at radius 2 is 2.10 bits per heavy atom. The van der Waals surface area contributed by atoms with Crippen molar-refractivity contribution in [3.05, 3.63) is 35.9 Å². The van der Waals surface area contributed by atoms with Crippen molar-refractivity contribution in [2.24, 2.45) is 0 Å². The summed E-state index contributed by atoms with van der Waals surface area (Å²) < 4.78 is 5.42. The molecule has 21 heavy (non-hydrogen) atoms. The Hall–Kier alpha value is -2.34. The van der Waals surface area contributed by atoms with Crippen molar-refractivity contribution in [3.8, 4) is 5.75 Å². The highest BCUT2D eigenvalue weighted by Gasteiger charge is 2.17. The van der Waals surface area contributed by atoms with Crippen LogP contribution in [0.25, 0.3) is 6.08 Å². The fourth-order valence-electron chi connectivity index (χ4n) is 1.68. The Labute approximate surface area is 123 Å². The van der Waals surface area contributed by atoms with E-state index in [1.165, 1.54) is 6.08 Å². The van der Waals surface area contributed by atoms with E-state index in [-0.39, 0.29) is 13.0 Å². The molecular formula is C15H19NO5. The van der Waals surface area contributed by atoms with Crippen molar-refractivity contribution in [2.75, 3.05) is 13.2 Å². The molecular weight excluding hydrogens is 274 g/mol. The van der Waals surface area contributed by atoms with Gasteiger partial charge in [0, 0.05) is 24.7 Å². The molecule has 0 aliphatic carbocycles. The van der Waals surface area contributed by atoms with Crippen LogP contribution in [0.15, 0.2) is 30.3 Å². The zero-order valence-corrected chi connectivity index (χ0v) is 11.8. The number of amides is 1. The lowest BCUT2D eigenvalue weighted by Crippen LogP contribution is -2.40. The third-order valence-corrected chi connectivity index (χ3v) is 2.67. The van der Waals surface area contributed by atoms with Crippen molar-refractivity contribution < 1.29 is 24.5 Å². The standard InChI is InChI=1S/C15H19NO5/c1-2-21-13-6-4-3-5-11(13)7-8-14(18)16-12(9-10-17)15(19)20/h3-8,12,17H,2,9-10H2,1H3,(H,16,18)(H,19,20)/b8-7+/t12-/m0/s1. The minimum Gasteiger partial charge on any atom is -0.493 e. The molecule has 6 heteroatoms. The average molecular weight is 293 g/mol. The van der Waals surface area contributed by atoms with E-state index >= 15 is 0 Å². The van der Waals surface area contributed by atoms with Gasteiger partial charge in [0.25, 0.3) is 0 Å².